The van der Waals surface area contributed by atoms with E-state index in [4.69, 9.17) is 9.47 Å². The number of ether oxygens (including phenoxy) is 2. The minimum Gasteiger partial charge on any atom is -0.493 e. The number of rotatable bonds is 12. The molecule has 4 aromatic rings. The Morgan fingerprint density at radius 3 is 2.36 bits per heavy atom. The van der Waals surface area contributed by atoms with Crippen molar-refractivity contribution in [2.24, 2.45) is 5.10 Å². The van der Waals surface area contributed by atoms with E-state index in [1.54, 1.807) is 31.2 Å². The standard InChI is InChI=1S/C26H24N4O3S3/c1-32-23-14-21(12-13-22(23)33-16-19-8-4-2-5-9-19)15-27-28-24(31)18-35-26-30-29-25(36-26)34-17-20-10-6-3-7-11-20/h2-15H,16-18H2,1H3,(H,28,31). The molecule has 0 aliphatic heterocycles. The smallest absolute Gasteiger partial charge is 0.250 e. The Morgan fingerprint density at radius 2 is 1.64 bits per heavy atom. The summed E-state index contributed by atoms with van der Waals surface area (Å²) in [6.07, 6.45) is 1.56. The third-order valence-electron chi connectivity index (χ3n) is 4.75. The summed E-state index contributed by atoms with van der Waals surface area (Å²) in [6, 6.07) is 25.6. The maximum atomic E-state index is 12.2. The van der Waals surface area contributed by atoms with Crippen LogP contribution >= 0.6 is 34.9 Å². The molecule has 10 heteroatoms. The fraction of sp³-hybridized carbons (Fsp3) is 0.154. The van der Waals surface area contributed by atoms with Gasteiger partial charge in [-0.25, -0.2) is 5.43 Å². The first-order valence-corrected chi connectivity index (χ1v) is 13.8. The lowest BCUT2D eigenvalue weighted by Crippen LogP contribution is -2.19. The summed E-state index contributed by atoms with van der Waals surface area (Å²) in [4.78, 5) is 12.2. The molecule has 0 spiro atoms. The van der Waals surface area contributed by atoms with Gasteiger partial charge in [0, 0.05) is 5.75 Å². The molecule has 0 saturated carbocycles. The number of aromatic nitrogens is 2. The Balaban J connectivity index is 1.21. The van der Waals surface area contributed by atoms with Gasteiger partial charge < -0.3 is 9.47 Å². The van der Waals surface area contributed by atoms with Gasteiger partial charge in [-0.05, 0) is 34.9 Å². The van der Waals surface area contributed by atoms with E-state index in [0.29, 0.717) is 18.1 Å². The number of hydrazone groups is 1. The first kappa shape index (κ1) is 25.7. The zero-order chi connectivity index (χ0) is 25.0. The molecular weight excluding hydrogens is 513 g/mol. The van der Waals surface area contributed by atoms with Crippen LogP contribution in [0.2, 0.25) is 0 Å². The molecule has 7 nitrogen and oxygen atoms in total. The number of carbonyl (C=O) groups excluding carboxylic acids is 1. The van der Waals surface area contributed by atoms with Gasteiger partial charge in [0.1, 0.15) is 6.61 Å². The van der Waals surface area contributed by atoms with Crippen LogP contribution in [0.4, 0.5) is 0 Å². The molecule has 3 aromatic carbocycles. The summed E-state index contributed by atoms with van der Waals surface area (Å²) in [5.41, 5.74) is 5.62. The largest absolute Gasteiger partial charge is 0.493 e. The second kappa shape index (κ2) is 13.7. The van der Waals surface area contributed by atoms with Crippen molar-refractivity contribution in [3.63, 3.8) is 0 Å². The predicted octanol–water partition coefficient (Wildman–Crippen LogP) is 5.66. The Bertz CT molecular complexity index is 1280. The number of hydrogen-bond donors (Lipinski definition) is 1. The number of nitrogens with zero attached hydrogens (tertiary/aromatic N) is 3. The van der Waals surface area contributed by atoms with Gasteiger partial charge in [-0.2, -0.15) is 5.10 Å². The molecule has 0 radical (unpaired) electrons. The molecule has 0 bridgehead atoms. The van der Waals surface area contributed by atoms with Crippen molar-refractivity contribution in [2.45, 2.75) is 21.0 Å². The second-order valence-corrected chi connectivity index (χ2v) is 10.8. The van der Waals surface area contributed by atoms with E-state index in [0.717, 1.165) is 25.6 Å². The van der Waals surface area contributed by atoms with E-state index >= 15 is 0 Å². The molecule has 0 unspecified atom stereocenters. The van der Waals surface area contributed by atoms with Gasteiger partial charge in [0.15, 0.2) is 20.2 Å². The summed E-state index contributed by atoms with van der Waals surface area (Å²) in [5, 5.41) is 12.4. The summed E-state index contributed by atoms with van der Waals surface area (Å²) < 4.78 is 12.9. The van der Waals surface area contributed by atoms with Crippen LogP contribution in [0.25, 0.3) is 0 Å². The van der Waals surface area contributed by atoms with E-state index < -0.39 is 0 Å². The summed E-state index contributed by atoms with van der Waals surface area (Å²) in [5.74, 6) is 2.04. The highest BCUT2D eigenvalue weighted by Crippen LogP contribution is 2.31. The maximum absolute atomic E-state index is 12.2. The predicted molar refractivity (Wildman–Crippen MR) is 146 cm³/mol. The van der Waals surface area contributed by atoms with E-state index in [1.807, 2.05) is 60.7 Å². The number of thioether (sulfide) groups is 2. The van der Waals surface area contributed by atoms with E-state index in [9.17, 15) is 4.79 Å². The van der Waals surface area contributed by atoms with Crippen LogP contribution < -0.4 is 14.9 Å². The van der Waals surface area contributed by atoms with Gasteiger partial charge in [-0.1, -0.05) is 95.5 Å². The molecular formula is C26H24N4O3S3. The summed E-state index contributed by atoms with van der Waals surface area (Å²) in [7, 11) is 1.59. The highest BCUT2D eigenvalue weighted by molar-refractivity contribution is 8.03. The number of carbonyl (C=O) groups is 1. The van der Waals surface area contributed by atoms with Gasteiger partial charge in [0.2, 0.25) is 0 Å². The Kier molecular flexibility index (Phi) is 9.78. The van der Waals surface area contributed by atoms with Crippen LogP contribution in [0.1, 0.15) is 16.7 Å². The zero-order valence-corrected chi connectivity index (χ0v) is 21.9. The number of amides is 1. The molecule has 0 saturated heterocycles. The molecule has 36 heavy (non-hydrogen) atoms. The number of methoxy groups -OCH3 is 1. The van der Waals surface area contributed by atoms with Crippen LogP contribution in [-0.2, 0) is 17.2 Å². The van der Waals surface area contributed by atoms with Crippen molar-refractivity contribution in [1.29, 1.82) is 0 Å². The fourth-order valence-electron chi connectivity index (χ4n) is 2.99. The lowest BCUT2D eigenvalue weighted by molar-refractivity contribution is -0.118. The molecule has 0 aliphatic rings. The minimum absolute atomic E-state index is 0.199. The van der Waals surface area contributed by atoms with Crippen molar-refractivity contribution in [2.75, 3.05) is 12.9 Å². The molecule has 4 rings (SSSR count). The van der Waals surface area contributed by atoms with E-state index in [1.165, 1.54) is 28.7 Å². The molecule has 1 aromatic heterocycles. The normalized spacial score (nSPS) is 10.9. The van der Waals surface area contributed by atoms with Crippen molar-refractivity contribution >= 4 is 47.0 Å². The number of benzene rings is 3. The lowest BCUT2D eigenvalue weighted by atomic mass is 10.2. The third kappa shape index (κ3) is 8.11. The van der Waals surface area contributed by atoms with Crippen LogP contribution in [0, 0.1) is 0 Å². The molecule has 0 fully saturated rings. The molecule has 1 N–H and O–H groups in total. The second-order valence-electron chi connectivity index (χ2n) is 7.37. The summed E-state index contributed by atoms with van der Waals surface area (Å²) >= 11 is 4.45. The average molecular weight is 537 g/mol. The van der Waals surface area contributed by atoms with Crippen LogP contribution in [-0.4, -0.2) is 35.2 Å². The molecule has 1 amide bonds. The van der Waals surface area contributed by atoms with Crippen LogP contribution in [0.5, 0.6) is 11.5 Å². The fourth-order valence-corrected chi connectivity index (χ4v) is 5.76. The van der Waals surface area contributed by atoms with Crippen molar-refractivity contribution in [1.82, 2.24) is 15.6 Å². The van der Waals surface area contributed by atoms with E-state index in [-0.39, 0.29) is 11.7 Å². The van der Waals surface area contributed by atoms with Gasteiger partial charge in [0.25, 0.3) is 5.91 Å². The summed E-state index contributed by atoms with van der Waals surface area (Å²) in [6.45, 7) is 0.445. The highest BCUT2D eigenvalue weighted by atomic mass is 32.2. The SMILES string of the molecule is COc1cc(C=NNC(=O)CSc2nnc(SCc3ccccc3)s2)ccc1OCc1ccccc1. The molecule has 0 aliphatic carbocycles. The Morgan fingerprint density at radius 1 is 0.944 bits per heavy atom. The van der Waals surface area contributed by atoms with Crippen molar-refractivity contribution < 1.29 is 14.3 Å². The topological polar surface area (TPSA) is 85.7 Å². The van der Waals surface area contributed by atoms with Crippen molar-refractivity contribution in [3.05, 3.63) is 95.6 Å². The quantitative estimate of drug-likeness (QED) is 0.142. The Labute approximate surface area is 222 Å². The third-order valence-corrected chi connectivity index (χ3v) is 8.01. The van der Waals surface area contributed by atoms with E-state index in [2.05, 4.69) is 32.9 Å². The zero-order valence-electron chi connectivity index (χ0n) is 19.5. The average Bonchev–Trinajstić information content (AvgIpc) is 3.39. The monoisotopic (exact) mass is 536 g/mol. The molecule has 1 heterocycles. The lowest BCUT2D eigenvalue weighted by Gasteiger charge is -2.11. The van der Waals surface area contributed by atoms with Gasteiger partial charge in [-0.3, -0.25) is 4.79 Å². The van der Waals surface area contributed by atoms with Gasteiger partial charge >= 0.3 is 0 Å². The minimum atomic E-state index is -0.222. The maximum Gasteiger partial charge on any atom is 0.250 e. The van der Waals surface area contributed by atoms with Crippen LogP contribution in [0.15, 0.2) is 92.6 Å². The van der Waals surface area contributed by atoms with Gasteiger partial charge in [-0.15, -0.1) is 10.2 Å². The number of hydrogen-bond acceptors (Lipinski definition) is 9. The number of nitrogens with one attached hydrogen (secondary N) is 1. The van der Waals surface area contributed by atoms with Gasteiger partial charge in [0.05, 0.1) is 19.1 Å². The molecule has 184 valence electrons. The first-order valence-electron chi connectivity index (χ1n) is 11.0. The molecule has 0 atom stereocenters. The Hall–Kier alpha value is -3.34. The van der Waals surface area contributed by atoms with Crippen molar-refractivity contribution in [3.8, 4) is 11.5 Å². The highest BCUT2D eigenvalue weighted by Gasteiger charge is 2.09. The first-order chi connectivity index (χ1) is 17.7. The van der Waals surface area contributed by atoms with Crippen LogP contribution in [0.3, 0.4) is 0 Å².